The SMILES string of the molecule is CCN(CC)c1[c]cc(N(CC)CC)cc1. The van der Waals surface area contributed by atoms with Crippen LogP contribution in [-0.4, -0.2) is 26.2 Å². The van der Waals surface area contributed by atoms with E-state index in [9.17, 15) is 0 Å². The molecule has 2 nitrogen and oxygen atoms in total. The monoisotopic (exact) mass is 219 g/mol. The van der Waals surface area contributed by atoms with Gasteiger partial charge in [0, 0.05) is 43.6 Å². The Morgan fingerprint density at radius 3 is 1.81 bits per heavy atom. The molecule has 0 amide bonds. The molecule has 16 heavy (non-hydrogen) atoms. The molecule has 2 heteroatoms. The van der Waals surface area contributed by atoms with Gasteiger partial charge >= 0.3 is 0 Å². The molecule has 0 heterocycles. The maximum absolute atomic E-state index is 3.37. The van der Waals surface area contributed by atoms with Gasteiger partial charge in [0.1, 0.15) is 0 Å². The summed E-state index contributed by atoms with van der Waals surface area (Å²) < 4.78 is 0. The van der Waals surface area contributed by atoms with Crippen LogP contribution >= 0.6 is 0 Å². The molecule has 1 aromatic carbocycles. The van der Waals surface area contributed by atoms with E-state index in [-0.39, 0.29) is 0 Å². The molecule has 1 radical (unpaired) electrons. The molecule has 0 aliphatic rings. The van der Waals surface area contributed by atoms with Crippen LogP contribution in [0.2, 0.25) is 0 Å². The van der Waals surface area contributed by atoms with Crippen molar-refractivity contribution in [1.29, 1.82) is 0 Å². The van der Waals surface area contributed by atoms with E-state index < -0.39 is 0 Å². The summed E-state index contributed by atoms with van der Waals surface area (Å²) in [4.78, 5) is 4.65. The van der Waals surface area contributed by atoms with Gasteiger partial charge in [-0.3, -0.25) is 0 Å². The molecule has 0 saturated carbocycles. The maximum atomic E-state index is 3.37. The average molecular weight is 219 g/mol. The van der Waals surface area contributed by atoms with Crippen molar-refractivity contribution in [2.45, 2.75) is 27.7 Å². The van der Waals surface area contributed by atoms with E-state index in [0.717, 1.165) is 26.2 Å². The first kappa shape index (κ1) is 12.9. The average Bonchev–Trinajstić information content (AvgIpc) is 2.34. The van der Waals surface area contributed by atoms with Crippen LogP contribution < -0.4 is 9.80 Å². The van der Waals surface area contributed by atoms with Crippen molar-refractivity contribution in [3.63, 3.8) is 0 Å². The minimum Gasteiger partial charge on any atom is -0.372 e. The van der Waals surface area contributed by atoms with Crippen LogP contribution in [0.25, 0.3) is 0 Å². The second kappa shape index (κ2) is 6.41. The number of benzene rings is 1. The molecule has 0 atom stereocenters. The molecule has 0 spiro atoms. The summed E-state index contributed by atoms with van der Waals surface area (Å²) in [5.74, 6) is 0. The fourth-order valence-corrected chi connectivity index (χ4v) is 1.95. The molecule has 0 aliphatic carbocycles. The fraction of sp³-hybridized carbons (Fsp3) is 0.571. The van der Waals surface area contributed by atoms with E-state index in [1.807, 2.05) is 0 Å². The molecular formula is C14H23N2. The third kappa shape index (κ3) is 2.91. The topological polar surface area (TPSA) is 6.48 Å². The molecule has 1 rings (SSSR count). The van der Waals surface area contributed by atoms with Crippen LogP contribution in [0.1, 0.15) is 27.7 Å². The van der Waals surface area contributed by atoms with Gasteiger partial charge in [-0.1, -0.05) is 0 Å². The van der Waals surface area contributed by atoms with Gasteiger partial charge in [0.05, 0.1) is 0 Å². The highest BCUT2D eigenvalue weighted by Gasteiger charge is 2.04. The molecule has 0 bridgehead atoms. The van der Waals surface area contributed by atoms with E-state index in [1.54, 1.807) is 0 Å². The molecule has 0 fully saturated rings. The lowest BCUT2D eigenvalue weighted by atomic mass is 10.2. The van der Waals surface area contributed by atoms with Gasteiger partial charge < -0.3 is 9.80 Å². The van der Waals surface area contributed by atoms with Crippen molar-refractivity contribution in [2.75, 3.05) is 36.0 Å². The van der Waals surface area contributed by atoms with Gasteiger partial charge in [0.2, 0.25) is 0 Å². The molecule has 0 N–H and O–H groups in total. The first-order valence-electron chi connectivity index (χ1n) is 6.28. The lowest BCUT2D eigenvalue weighted by molar-refractivity contribution is 0.856. The van der Waals surface area contributed by atoms with E-state index in [0.29, 0.717) is 0 Å². The van der Waals surface area contributed by atoms with E-state index in [1.165, 1.54) is 11.4 Å². The molecule has 0 aromatic heterocycles. The summed E-state index contributed by atoms with van der Waals surface area (Å²) >= 11 is 0. The normalized spacial score (nSPS) is 10.2. The van der Waals surface area contributed by atoms with Gasteiger partial charge in [-0.05, 0) is 45.9 Å². The van der Waals surface area contributed by atoms with E-state index >= 15 is 0 Å². The van der Waals surface area contributed by atoms with Crippen molar-refractivity contribution in [2.24, 2.45) is 0 Å². The summed E-state index contributed by atoms with van der Waals surface area (Å²) in [6.07, 6.45) is 0. The standard InChI is InChI=1S/C14H23N2/c1-5-15(6-2)13-9-11-14(12-10-13)16(7-3)8-4/h9-11H,5-8H2,1-4H3. The second-order valence-electron chi connectivity index (χ2n) is 3.78. The second-order valence-corrected chi connectivity index (χ2v) is 3.78. The number of anilines is 2. The zero-order valence-corrected chi connectivity index (χ0v) is 11.0. The van der Waals surface area contributed by atoms with Gasteiger partial charge in [0.15, 0.2) is 0 Å². The molecule has 89 valence electrons. The van der Waals surface area contributed by atoms with Gasteiger partial charge in [-0.2, -0.15) is 0 Å². The molecular weight excluding hydrogens is 196 g/mol. The number of rotatable bonds is 6. The predicted octanol–water partition coefficient (Wildman–Crippen LogP) is 3.18. The first-order chi connectivity index (χ1) is 7.76. The third-order valence-electron chi connectivity index (χ3n) is 3.01. The highest BCUT2D eigenvalue weighted by Crippen LogP contribution is 2.19. The Hall–Kier alpha value is -1.18. The zero-order chi connectivity index (χ0) is 12.0. The van der Waals surface area contributed by atoms with Crippen molar-refractivity contribution < 1.29 is 0 Å². The van der Waals surface area contributed by atoms with Crippen LogP contribution in [-0.2, 0) is 0 Å². The Bertz CT molecular complexity index is 253. The summed E-state index contributed by atoms with van der Waals surface area (Å²) in [7, 11) is 0. The van der Waals surface area contributed by atoms with Crippen LogP contribution in [0.15, 0.2) is 18.2 Å². The Morgan fingerprint density at radius 2 is 1.44 bits per heavy atom. The van der Waals surface area contributed by atoms with Gasteiger partial charge in [-0.15, -0.1) is 0 Å². The summed E-state index contributed by atoms with van der Waals surface area (Å²) in [6.45, 7) is 12.9. The fourth-order valence-electron chi connectivity index (χ4n) is 1.95. The Labute approximate surface area is 99.9 Å². The molecule has 0 aliphatic heterocycles. The molecule has 1 aromatic rings. The smallest absolute Gasteiger partial charge is 0.0448 e. The van der Waals surface area contributed by atoms with Crippen LogP contribution in [0.5, 0.6) is 0 Å². The third-order valence-corrected chi connectivity index (χ3v) is 3.01. The highest BCUT2D eigenvalue weighted by molar-refractivity contribution is 5.55. The van der Waals surface area contributed by atoms with Crippen molar-refractivity contribution in [1.82, 2.24) is 0 Å². The molecule has 0 saturated heterocycles. The summed E-state index contributed by atoms with van der Waals surface area (Å²) in [5, 5.41) is 0. The van der Waals surface area contributed by atoms with Crippen LogP contribution in [0.3, 0.4) is 0 Å². The van der Waals surface area contributed by atoms with Crippen LogP contribution in [0, 0.1) is 6.07 Å². The first-order valence-corrected chi connectivity index (χ1v) is 6.28. The Morgan fingerprint density at radius 1 is 0.875 bits per heavy atom. The number of hydrogen-bond acceptors (Lipinski definition) is 2. The minimum absolute atomic E-state index is 1.04. The summed E-state index contributed by atoms with van der Waals surface area (Å²) in [6, 6.07) is 9.83. The molecule has 0 unspecified atom stereocenters. The number of nitrogens with zero attached hydrogens (tertiary/aromatic N) is 2. The van der Waals surface area contributed by atoms with Crippen LogP contribution in [0.4, 0.5) is 11.4 Å². The lowest BCUT2D eigenvalue weighted by Gasteiger charge is -2.24. The van der Waals surface area contributed by atoms with Crippen molar-refractivity contribution in [3.8, 4) is 0 Å². The zero-order valence-electron chi connectivity index (χ0n) is 11.0. The van der Waals surface area contributed by atoms with Crippen molar-refractivity contribution >= 4 is 11.4 Å². The van der Waals surface area contributed by atoms with Crippen molar-refractivity contribution in [3.05, 3.63) is 24.3 Å². The Balaban J connectivity index is 2.81. The maximum Gasteiger partial charge on any atom is 0.0448 e. The van der Waals surface area contributed by atoms with E-state index in [2.05, 4.69) is 61.8 Å². The minimum atomic E-state index is 1.04. The number of hydrogen-bond donors (Lipinski definition) is 0. The largest absolute Gasteiger partial charge is 0.372 e. The predicted molar refractivity (Wildman–Crippen MR) is 72.4 cm³/mol. The highest BCUT2D eigenvalue weighted by atomic mass is 15.1. The lowest BCUT2D eigenvalue weighted by Crippen LogP contribution is -2.23. The summed E-state index contributed by atoms with van der Waals surface area (Å²) in [5.41, 5.74) is 2.46. The quantitative estimate of drug-likeness (QED) is 0.725. The van der Waals surface area contributed by atoms with Gasteiger partial charge in [0.25, 0.3) is 0 Å². The Kier molecular flexibility index (Phi) is 5.17. The van der Waals surface area contributed by atoms with Gasteiger partial charge in [-0.25, -0.2) is 0 Å². The van der Waals surface area contributed by atoms with E-state index in [4.69, 9.17) is 0 Å².